The summed E-state index contributed by atoms with van der Waals surface area (Å²) in [6.45, 7) is 4.77. The number of phenols is 1. The van der Waals surface area contributed by atoms with Crippen LogP contribution in [0.25, 0.3) is 0 Å². The van der Waals surface area contributed by atoms with Crippen molar-refractivity contribution >= 4 is 5.69 Å². The van der Waals surface area contributed by atoms with Crippen LogP contribution in [0.4, 0.5) is 5.69 Å². The molecule has 41 heavy (non-hydrogen) atoms. The van der Waals surface area contributed by atoms with Crippen LogP contribution >= 0.6 is 0 Å². The van der Waals surface area contributed by atoms with E-state index in [0.717, 1.165) is 42.7 Å². The van der Waals surface area contributed by atoms with Crippen LogP contribution in [-0.4, -0.2) is 103 Å². The number of hydrogen-bond donors (Lipinski definition) is 4. The van der Waals surface area contributed by atoms with E-state index >= 15 is 0 Å². The SMILES string of the molecule is COCCCCOc1ccc([C@@H]2[C@@H](OCc3ccc(O)c(NCCCOC)c3)CNC[C@H]2OCC(O)COC)cc1. The number of unbranched alkanes of at least 4 members (excludes halogenated alkanes) is 1. The van der Waals surface area contributed by atoms with Crippen LogP contribution < -0.4 is 15.4 Å². The van der Waals surface area contributed by atoms with Gasteiger partial charge < -0.3 is 49.3 Å². The number of ether oxygens (including phenoxy) is 6. The minimum absolute atomic E-state index is 0.0643. The zero-order chi connectivity index (χ0) is 29.3. The van der Waals surface area contributed by atoms with Crippen LogP contribution in [0.3, 0.4) is 0 Å². The van der Waals surface area contributed by atoms with Crippen molar-refractivity contribution in [3.8, 4) is 11.5 Å². The van der Waals surface area contributed by atoms with E-state index in [1.807, 2.05) is 24.3 Å². The van der Waals surface area contributed by atoms with E-state index in [0.29, 0.717) is 45.1 Å². The first-order chi connectivity index (χ1) is 20.0. The van der Waals surface area contributed by atoms with Crippen molar-refractivity contribution in [3.05, 3.63) is 53.6 Å². The monoisotopic (exact) mass is 576 g/mol. The molecule has 2 aromatic rings. The summed E-state index contributed by atoms with van der Waals surface area (Å²) in [5.41, 5.74) is 2.71. The molecular weight excluding hydrogens is 528 g/mol. The van der Waals surface area contributed by atoms with Crippen LogP contribution in [0.15, 0.2) is 42.5 Å². The molecule has 10 heteroatoms. The standard InChI is InChI=1S/C31H48N2O8/c1-36-14-4-5-16-39-26-10-8-24(9-11-26)31-29(18-32-19-30(31)41-22-25(34)21-38-3)40-20-23-7-12-28(35)27(17-23)33-13-6-15-37-2/h7-12,17,25,29-35H,4-6,13-16,18-22H2,1-3H3/t25?,29-,30+,31+/m0/s1. The van der Waals surface area contributed by atoms with Gasteiger partial charge in [-0.15, -0.1) is 0 Å². The molecule has 1 fully saturated rings. The van der Waals surface area contributed by atoms with E-state index in [1.54, 1.807) is 27.4 Å². The van der Waals surface area contributed by atoms with Gasteiger partial charge in [0.05, 0.1) is 44.3 Å². The first kappa shape index (κ1) is 33.1. The molecule has 0 aliphatic carbocycles. The molecule has 0 saturated carbocycles. The Morgan fingerprint density at radius 1 is 0.854 bits per heavy atom. The Morgan fingerprint density at radius 3 is 2.29 bits per heavy atom. The lowest BCUT2D eigenvalue weighted by Gasteiger charge is -2.39. The Bertz CT molecular complexity index is 977. The van der Waals surface area contributed by atoms with Gasteiger partial charge in [-0.2, -0.15) is 0 Å². The third-order valence-electron chi connectivity index (χ3n) is 7.00. The molecule has 0 bridgehead atoms. The number of methoxy groups -OCH3 is 3. The normalized spacial score (nSPS) is 19.7. The van der Waals surface area contributed by atoms with Crippen molar-refractivity contribution in [3.63, 3.8) is 0 Å². The van der Waals surface area contributed by atoms with E-state index in [4.69, 9.17) is 28.4 Å². The van der Waals surface area contributed by atoms with Gasteiger partial charge in [-0.05, 0) is 54.7 Å². The summed E-state index contributed by atoms with van der Waals surface area (Å²) in [7, 11) is 4.94. The maximum Gasteiger partial charge on any atom is 0.138 e. The Kier molecular flexibility index (Phi) is 15.2. The smallest absolute Gasteiger partial charge is 0.138 e. The van der Waals surface area contributed by atoms with Crippen LogP contribution in [0.2, 0.25) is 0 Å². The predicted octanol–water partition coefficient (Wildman–Crippen LogP) is 3.31. The van der Waals surface area contributed by atoms with Gasteiger partial charge >= 0.3 is 0 Å². The lowest BCUT2D eigenvalue weighted by atomic mass is 9.85. The summed E-state index contributed by atoms with van der Waals surface area (Å²) in [5, 5.41) is 27.2. The highest BCUT2D eigenvalue weighted by atomic mass is 16.5. The third-order valence-corrected chi connectivity index (χ3v) is 7.00. The van der Waals surface area contributed by atoms with Gasteiger partial charge in [0.25, 0.3) is 0 Å². The maximum atomic E-state index is 10.3. The first-order valence-corrected chi connectivity index (χ1v) is 14.4. The minimum Gasteiger partial charge on any atom is -0.506 e. The molecule has 0 amide bonds. The van der Waals surface area contributed by atoms with Gasteiger partial charge in [0.2, 0.25) is 0 Å². The molecule has 4 atom stereocenters. The minimum atomic E-state index is -0.706. The van der Waals surface area contributed by atoms with Crippen LogP contribution in [0.1, 0.15) is 36.3 Å². The highest BCUT2D eigenvalue weighted by Gasteiger charge is 2.36. The van der Waals surface area contributed by atoms with Gasteiger partial charge in [0.1, 0.15) is 17.6 Å². The van der Waals surface area contributed by atoms with Crippen molar-refractivity contribution < 1.29 is 38.6 Å². The molecule has 1 aliphatic rings. The van der Waals surface area contributed by atoms with Crippen molar-refractivity contribution in [1.29, 1.82) is 0 Å². The first-order valence-electron chi connectivity index (χ1n) is 14.4. The van der Waals surface area contributed by atoms with Crippen molar-refractivity contribution in [2.24, 2.45) is 0 Å². The molecule has 10 nitrogen and oxygen atoms in total. The van der Waals surface area contributed by atoms with Gasteiger partial charge in [0, 0.05) is 60.1 Å². The molecule has 0 spiro atoms. The third kappa shape index (κ3) is 11.4. The average Bonchev–Trinajstić information content (AvgIpc) is 2.99. The van der Waals surface area contributed by atoms with Crippen LogP contribution in [0, 0.1) is 0 Å². The van der Waals surface area contributed by atoms with E-state index in [1.165, 1.54) is 0 Å². The van der Waals surface area contributed by atoms with Gasteiger partial charge in [-0.3, -0.25) is 0 Å². The number of rotatable bonds is 20. The number of benzene rings is 2. The fraction of sp³-hybridized carbons (Fsp3) is 0.613. The number of aliphatic hydroxyl groups is 1. The molecule has 1 heterocycles. The number of nitrogens with one attached hydrogen (secondary N) is 2. The second-order valence-corrected chi connectivity index (χ2v) is 10.3. The lowest BCUT2D eigenvalue weighted by Crippen LogP contribution is -2.51. The summed E-state index contributed by atoms with van der Waals surface area (Å²) in [6, 6.07) is 13.6. The van der Waals surface area contributed by atoms with Crippen LogP contribution in [0.5, 0.6) is 11.5 Å². The molecule has 1 unspecified atom stereocenters. The van der Waals surface area contributed by atoms with Gasteiger partial charge in [-0.1, -0.05) is 18.2 Å². The maximum absolute atomic E-state index is 10.3. The van der Waals surface area contributed by atoms with E-state index < -0.39 is 6.10 Å². The molecule has 0 radical (unpaired) electrons. The molecular formula is C31H48N2O8. The zero-order valence-electron chi connectivity index (χ0n) is 24.7. The number of anilines is 1. The number of piperidine rings is 1. The fourth-order valence-electron chi connectivity index (χ4n) is 4.87. The molecule has 1 saturated heterocycles. The Balaban J connectivity index is 1.69. The molecule has 1 aliphatic heterocycles. The Morgan fingerprint density at radius 2 is 1.56 bits per heavy atom. The summed E-state index contributed by atoms with van der Waals surface area (Å²) in [5.74, 6) is 0.957. The quantitative estimate of drug-likeness (QED) is 0.138. The number of hydrogen-bond acceptors (Lipinski definition) is 10. The molecule has 230 valence electrons. The van der Waals surface area contributed by atoms with Gasteiger partial charge in [0.15, 0.2) is 0 Å². The van der Waals surface area contributed by atoms with E-state index in [9.17, 15) is 10.2 Å². The van der Waals surface area contributed by atoms with E-state index in [2.05, 4.69) is 22.8 Å². The highest BCUT2D eigenvalue weighted by Crippen LogP contribution is 2.33. The molecule has 4 N–H and O–H groups in total. The zero-order valence-corrected chi connectivity index (χ0v) is 24.7. The van der Waals surface area contributed by atoms with E-state index in [-0.39, 0.29) is 37.1 Å². The highest BCUT2D eigenvalue weighted by molar-refractivity contribution is 5.57. The molecule has 0 aromatic heterocycles. The van der Waals surface area contributed by atoms with Crippen LogP contribution in [-0.2, 0) is 30.3 Å². The topological polar surface area (TPSA) is 120 Å². The largest absolute Gasteiger partial charge is 0.506 e. The summed E-state index contributed by atoms with van der Waals surface area (Å²) in [6.07, 6.45) is 1.64. The number of aromatic hydroxyl groups is 1. The van der Waals surface area contributed by atoms with Gasteiger partial charge in [-0.25, -0.2) is 0 Å². The predicted molar refractivity (Wildman–Crippen MR) is 158 cm³/mol. The Hall–Kier alpha value is -2.44. The molecule has 3 rings (SSSR count). The second-order valence-electron chi connectivity index (χ2n) is 10.3. The van der Waals surface area contributed by atoms with Crippen molar-refractivity contribution in [2.45, 2.75) is 50.1 Å². The van der Waals surface area contributed by atoms with Crippen molar-refractivity contribution in [1.82, 2.24) is 5.32 Å². The average molecular weight is 577 g/mol. The summed E-state index contributed by atoms with van der Waals surface area (Å²) in [4.78, 5) is 0. The molecule has 2 aromatic carbocycles. The fourth-order valence-corrected chi connectivity index (χ4v) is 4.87. The summed E-state index contributed by atoms with van der Waals surface area (Å²) >= 11 is 0. The second kappa shape index (κ2) is 18.9. The Labute approximate surface area is 244 Å². The van der Waals surface area contributed by atoms with Crippen molar-refractivity contribution in [2.75, 3.05) is 79.3 Å². The number of aliphatic hydroxyl groups excluding tert-OH is 1. The number of phenolic OH excluding ortho intramolecular Hbond substituents is 1. The lowest BCUT2D eigenvalue weighted by molar-refractivity contribution is -0.0856. The summed E-state index contributed by atoms with van der Waals surface area (Å²) < 4.78 is 33.9.